The van der Waals surface area contributed by atoms with E-state index in [1.165, 1.54) is 18.0 Å². The summed E-state index contributed by atoms with van der Waals surface area (Å²) in [6.07, 6.45) is 4.49. The van der Waals surface area contributed by atoms with Crippen LogP contribution in [-0.4, -0.2) is 90.7 Å². The third-order valence-electron chi connectivity index (χ3n) is 12.2. The zero-order chi connectivity index (χ0) is 46.4. The maximum atomic E-state index is 15.0. The Morgan fingerprint density at radius 2 is 1.77 bits per heavy atom. The lowest BCUT2D eigenvalue weighted by molar-refractivity contribution is -0.135. The Kier molecular flexibility index (Phi) is 15.7. The van der Waals surface area contributed by atoms with Gasteiger partial charge >= 0.3 is 12.2 Å². The van der Waals surface area contributed by atoms with Gasteiger partial charge in [0.1, 0.15) is 34.7 Å². The molecule has 3 N–H and O–H groups in total. The van der Waals surface area contributed by atoms with Gasteiger partial charge in [-0.2, -0.15) is 0 Å². The minimum Gasteiger partial charge on any atom is -0.497 e. The molecule has 7 atom stereocenters. The Morgan fingerprint density at radius 3 is 2.42 bits per heavy atom. The summed E-state index contributed by atoms with van der Waals surface area (Å²) >= 11 is 1.46. The van der Waals surface area contributed by atoms with Crippen molar-refractivity contribution in [2.24, 2.45) is 23.2 Å². The summed E-state index contributed by atoms with van der Waals surface area (Å²) in [4.78, 5) is 64.9. The number of hydrogen-bond donors (Lipinski definition) is 3. The molecule has 1 aromatic carbocycles. The molecule has 2 amide bonds. The molecule has 2 aromatic heterocycles. The summed E-state index contributed by atoms with van der Waals surface area (Å²) in [7, 11) is -2.18. The van der Waals surface area contributed by atoms with Gasteiger partial charge in [0.2, 0.25) is 20.1 Å². The molecule has 3 unspecified atom stereocenters. The molecule has 3 fully saturated rings. The molecule has 3 aliphatic carbocycles. The number of anilines is 1. The number of nitrogens with one attached hydrogen (secondary N) is 3. The molecule has 0 aliphatic heterocycles. The van der Waals surface area contributed by atoms with Crippen molar-refractivity contribution < 1.29 is 52.0 Å². The lowest BCUT2D eigenvalue weighted by atomic mass is 9.77. The highest BCUT2D eigenvalue weighted by Crippen LogP contribution is 2.70. The molecule has 3 aromatic rings. The van der Waals surface area contributed by atoms with E-state index in [0.29, 0.717) is 40.2 Å². The Balaban J connectivity index is 1.30. The number of fused-ring (bicyclic) bond motifs is 1. The molecule has 2 heterocycles. The van der Waals surface area contributed by atoms with Crippen LogP contribution in [0, 0.1) is 23.2 Å². The number of hydrogen-bond acceptors (Lipinski definition) is 15. The lowest BCUT2D eigenvalue weighted by Crippen LogP contribution is -2.53. The van der Waals surface area contributed by atoms with Gasteiger partial charge in [-0.3, -0.25) is 18.7 Å². The summed E-state index contributed by atoms with van der Waals surface area (Å²) in [6.45, 7) is 16.4. The Hall–Kier alpha value is -4.73. The van der Waals surface area contributed by atoms with Crippen LogP contribution in [0.4, 0.5) is 14.7 Å². The largest absolute Gasteiger partial charge is 0.510 e. The minimum absolute atomic E-state index is 0.108. The molecule has 64 heavy (non-hydrogen) atoms. The van der Waals surface area contributed by atoms with Crippen molar-refractivity contribution in [3.8, 4) is 22.9 Å². The molecule has 6 rings (SSSR count). The van der Waals surface area contributed by atoms with Gasteiger partial charge < -0.3 is 39.6 Å². The van der Waals surface area contributed by atoms with Crippen LogP contribution in [0.1, 0.15) is 99.3 Å². The van der Waals surface area contributed by atoms with Gasteiger partial charge in [0.25, 0.3) is 0 Å². The van der Waals surface area contributed by atoms with E-state index < -0.39 is 72.9 Å². The van der Waals surface area contributed by atoms with Gasteiger partial charge in [0.15, 0.2) is 10.9 Å². The normalized spacial score (nSPS) is 23.5. The van der Waals surface area contributed by atoms with Crippen LogP contribution in [-0.2, 0) is 32.9 Å². The molecule has 3 saturated carbocycles. The first-order valence-electron chi connectivity index (χ1n) is 22.2. The van der Waals surface area contributed by atoms with Crippen LogP contribution in [0.3, 0.4) is 0 Å². The highest BCUT2D eigenvalue weighted by atomic mass is 32.1. The van der Waals surface area contributed by atoms with Crippen LogP contribution in [0.2, 0.25) is 0 Å². The first-order valence-corrected chi connectivity index (χ1v) is 25.2. The summed E-state index contributed by atoms with van der Waals surface area (Å²) in [5, 5.41) is 11.2. The standard InChI is InChI=1S/C46H64N5O11PS/c1-10-12-19-58-44(55)59-26-60-63(9,56)46(24-28(46)11-2)51-41(53)34-21-31(20-33(34)39(52)40(45(5,6)7)50-43(54)62-29-15-13-14-16-29)61-38-23-36(37-25-64-42(49-37)47-27(3)4)48-35-22-30(57-8)17-18-32(35)38/h11,17-18,22-23,25,27-29,31,33-34,40H,2,10,12-16,19-21,24,26H2,1,3-9H3,(H,47,49)(H,50,54)(H,51,53)/t28-,31?,33?,34-,40-,46+,63?/m1/s1. The van der Waals surface area contributed by atoms with E-state index in [-0.39, 0.29) is 43.8 Å². The number of pyridine rings is 1. The van der Waals surface area contributed by atoms with Gasteiger partial charge in [-0.25, -0.2) is 19.6 Å². The fraction of sp³-hybridized carbons (Fsp3) is 0.609. The van der Waals surface area contributed by atoms with Crippen LogP contribution in [0.5, 0.6) is 11.5 Å². The number of nitrogens with zero attached hydrogens (tertiary/aromatic N) is 2. The highest BCUT2D eigenvalue weighted by molar-refractivity contribution is 7.60. The van der Waals surface area contributed by atoms with E-state index >= 15 is 0 Å². The van der Waals surface area contributed by atoms with Gasteiger partial charge in [0.05, 0.1) is 36.9 Å². The number of aromatic nitrogens is 2. The van der Waals surface area contributed by atoms with E-state index in [4.69, 9.17) is 38.2 Å². The Morgan fingerprint density at radius 1 is 1.03 bits per heavy atom. The molecule has 16 nitrogen and oxygen atoms in total. The predicted octanol–water partition coefficient (Wildman–Crippen LogP) is 9.47. The van der Waals surface area contributed by atoms with E-state index in [0.717, 1.165) is 37.2 Å². The highest BCUT2D eigenvalue weighted by Gasteiger charge is 2.65. The van der Waals surface area contributed by atoms with Crippen molar-refractivity contribution in [3.05, 3.63) is 42.3 Å². The van der Waals surface area contributed by atoms with E-state index in [9.17, 15) is 23.7 Å². The zero-order valence-electron chi connectivity index (χ0n) is 38.2. The first kappa shape index (κ1) is 48.7. The minimum atomic E-state index is -3.76. The van der Waals surface area contributed by atoms with Crippen molar-refractivity contribution in [2.75, 3.05) is 32.5 Å². The average Bonchev–Trinajstić information content (AvgIpc) is 3.63. The number of ketones is 1. The maximum Gasteiger partial charge on any atom is 0.510 e. The number of alkyl carbamates (subject to hydrolysis) is 1. The quantitative estimate of drug-likeness (QED) is 0.0318. The van der Waals surface area contributed by atoms with Crippen molar-refractivity contribution in [2.45, 2.75) is 129 Å². The Bertz CT molecular complexity index is 2220. The summed E-state index contributed by atoms with van der Waals surface area (Å²) in [6, 6.07) is 6.43. The lowest BCUT2D eigenvalue weighted by Gasteiger charge is -2.34. The number of methoxy groups -OCH3 is 1. The van der Waals surface area contributed by atoms with E-state index in [1.54, 1.807) is 13.2 Å². The third kappa shape index (κ3) is 11.6. The summed E-state index contributed by atoms with van der Waals surface area (Å²) in [5.74, 6) is -2.15. The second-order valence-corrected chi connectivity index (χ2v) is 22.1. The SMILES string of the molecule is C=C[C@@H]1C[C@]1(NC(=O)[C@@H]1CC(Oc2cc(-c3csc(NC(C)C)n3)nc3cc(OC)ccc23)CC1C(=O)[C@@H](NC(=O)OC1CCCC1)C(C)(C)C)P(C)(=O)OCOC(=O)OCCCC. The number of ether oxygens (including phenoxy) is 5. The van der Waals surface area contributed by atoms with Crippen LogP contribution in [0.25, 0.3) is 22.3 Å². The van der Waals surface area contributed by atoms with Gasteiger partial charge in [-0.15, -0.1) is 17.9 Å². The number of thiazole rings is 1. The maximum absolute atomic E-state index is 15.0. The Labute approximate surface area is 379 Å². The topological polar surface area (TPSA) is 203 Å². The number of amides is 2. The zero-order valence-corrected chi connectivity index (χ0v) is 39.9. The molecule has 0 bridgehead atoms. The van der Waals surface area contributed by atoms with Crippen molar-refractivity contribution in [1.82, 2.24) is 20.6 Å². The second-order valence-electron chi connectivity index (χ2n) is 18.5. The summed E-state index contributed by atoms with van der Waals surface area (Å²) < 4.78 is 48.2. The van der Waals surface area contributed by atoms with Crippen LogP contribution >= 0.6 is 18.7 Å². The number of unbranched alkanes of at least 4 members (excludes halogenated alkanes) is 1. The number of benzene rings is 1. The first-order chi connectivity index (χ1) is 30.4. The fourth-order valence-electron chi connectivity index (χ4n) is 8.55. The third-order valence-corrected chi connectivity index (χ3v) is 15.6. The number of carbonyl (C=O) groups is 4. The predicted molar refractivity (Wildman–Crippen MR) is 245 cm³/mol. The molecule has 3 aliphatic rings. The molecule has 0 saturated heterocycles. The van der Waals surface area contributed by atoms with Crippen molar-refractivity contribution in [3.63, 3.8) is 0 Å². The molecule has 0 spiro atoms. The van der Waals surface area contributed by atoms with Crippen molar-refractivity contribution in [1.29, 1.82) is 0 Å². The molecule has 350 valence electrons. The number of Topliss-reactive ketones (excluding diaryl/α,β-unsaturated/α-hetero) is 1. The average molecular weight is 926 g/mol. The monoisotopic (exact) mass is 925 g/mol. The van der Waals surface area contributed by atoms with E-state index in [1.807, 2.05) is 71.2 Å². The smallest absolute Gasteiger partial charge is 0.497 e. The van der Waals surface area contributed by atoms with E-state index in [2.05, 4.69) is 22.5 Å². The molecular formula is C46H64N5O11PS. The van der Waals surface area contributed by atoms with Gasteiger partial charge in [0, 0.05) is 47.4 Å². The van der Waals surface area contributed by atoms with Gasteiger partial charge in [-0.05, 0) is 82.8 Å². The fourth-order valence-corrected chi connectivity index (χ4v) is 11.4. The second kappa shape index (κ2) is 20.6. The summed E-state index contributed by atoms with van der Waals surface area (Å²) in [5.41, 5.74) is 1.02. The number of carbonyl (C=O) groups excluding carboxylic acids is 4. The molecular weight excluding hydrogens is 862 g/mol. The van der Waals surface area contributed by atoms with Crippen LogP contribution < -0.4 is 25.4 Å². The van der Waals surface area contributed by atoms with Gasteiger partial charge in [-0.1, -0.05) is 40.2 Å². The van der Waals surface area contributed by atoms with Crippen molar-refractivity contribution >= 4 is 58.7 Å². The number of rotatable bonds is 20. The molecule has 18 heteroatoms. The van der Waals surface area contributed by atoms with Crippen LogP contribution in [0.15, 0.2) is 42.3 Å². The molecule has 0 radical (unpaired) electrons.